The predicted octanol–water partition coefficient (Wildman–Crippen LogP) is 2.89. The van der Waals surface area contributed by atoms with Gasteiger partial charge in [-0.3, -0.25) is 0 Å². The number of nitrogen functional groups attached to an aromatic ring is 1. The number of piperidine rings is 1. The lowest BCUT2D eigenvalue weighted by Crippen LogP contribution is -2.37. The fourth-order valence-electron chi connectivity index (χ4n) is 2.77. The molecule has 0 spiro atoms. The van der Waals surface area contributed by atoms with E-state index in [1.807, 2.05) is 6.07 Å². The Balaban J connectivity index is 1.93. The Hall–Kier alpha value is -1.22. The summed E-state index contributed by atoms with van der Waals surface area (Å²) in [6.07, 6.45) is 4.14. The van der Waals surface area contributed by atoms with Crippen molar-refractivity contribution in [3.05, 3.63) is 23.8 Å². The first-order valence-electron chi connectivity index (χ1n) is 7.54. The minimum absolute atomic E-state index is 0.885. The van der Waals surface area contributed by atoms with Crippen molar-refractivity contribution in [3.63, 3.8) is 0 Å². The zero-order valence-electron chi connectivity index (χ0n) is 12.4. The Labute approximate surface area is 117 Å². The molecule has 1 fully saturated rings. The first-order chi connectivity index (χ1) is 9.20. The molecule has 1 saturated heterocycles. The number of nitrogens with two attached hydrogens (primary N) is 1. The average Bonchev–Trinajstić information content (AvgIpc) is 2.44. The number of anilines is 2. The summed E-state index contributed by atoms with van der Waals surface area (Å²) in [7, 11) is 0. The van der Waals surface area contributed by atoms with E-state index in [0.29, 0.717) is 0 Å². The number of hydrogen-bond acceptors (Lipinski definition) is 3. The Morgan fingerprint density at radius 1 is 1.21 bits per heavy atom. The van der Waals surface area contributed by atoms with Gasteiger partial charge in [0.15, 0.2) is 0 Å². The summed E-state index contributed by atoms with van der Waals surface area (Å²) in [5.74, 6) is 0. The monoisotopic (exact) mass is 261 g/mol. The first-order valence-corrected chi connectivity index (χ1v) is 7.54. The minimum atomic E-state index is 0.885. The number of likely N-dealkylation sites (tertiary alicyclic amines) is 1. The molecule has 0 radical (unpaired) electrons. The molecule has 1 aromatic rings. The minimum Gasteiger partial charge on any atom is -0.399 e. The van der Waals surface area contributed by atoms with E-state index in [-0.39, 0.29) is 0 Å². The molecule has 1 aromatic carbocycles. The van der Waals surface area contributed by atoms with Crippen LogP contribution < -0.4 is 10.6 Å². The highest BCUT2D eigenvalue weighted by molar-refractivity contribution is 5.58. The second-order valence-electron chi connectivity index (χ2n) is 5.52. The van der Waals surface area contributed by atoms with Crippen molar-refractivity contribution in [2.75, 3.05) is 43.4 Å². The molecule has 3 nitrogen and oxygen atoms in total. The maximum absolute atomic E-state index is 5.89. The largest absolute Gasteiger partial charge is 0.399 e. The highest BCUT2D eigenvalue weighted by Gasteiger charge is 2.12. The molecule has 0 aliphatic carbocycles. The number of rotatable bonds is 5. The Morgan fingerprint density at radius 3 is 2.58 bits per heavy atom. The zero-order valence-corrected chi connectivity index (χ0v) is 12.4. The molecular formula is C16H27N3. The van der Waals surface area contributed by atoms with Crippen LogP contribution in [0.2, 0.25) is 0 Å². The molecule has 0 bridgehead atoms. The SMILES string of the molecule is CCN(CCN1CCCCC1)c1ccc(N)c(C)c1. The van der Waals surface area contributed by atoms with Crippen LogP contribution in [0.25, 0.3) is 0 Å². The highest BCUT2D eigenvalue weighted by Crippen LogP contribution is 2.20. The van der Waals surface area contributed by atoms with Crippen molar-refractivity contribution in [1.82, 2.24) is 4.90 Å². The fraction of sp³-hybridized carbons (Fsp3) is 0.625. The van der Waals surface area contributed by atoms with Crippen LogP contribution in [-0.4, -0.2) is 37.6 Å². The molecule has 0 aromatic heterocycles. The van der Waals surface area contributed by atoms with E-state index in [2.05, 4.69) is 35.8 Å². The van der Waals surface area contributed by atoms with Gasteiger partial charge in [0.05, 0.1) is 0 Å². The molecule has 0 atom stereocenters. The van der Waals surface area contributed by atoms with Crippen molar-refractivity contribution >= 4 is 11.4 Å². The van der Waals surface area contributed by atoms with Gasteiger partial charge in [0.1, 0.15) is 0 Å². The standard InChI is InChI=1S/C16H27N3/c1-3-19(12-11-18-9-5-4-6-10-18)15-7-8-16(17)14(2)13-15/h7-8,13H,3-6,9-12,17H2,1-2H3. The van der Waals surface area contributed by atoms with E-state index < -0.39 is 0 Å². The van der Waals surface area contributed by atoms with Crippen LogP contribution in [0.1, 0.15) is 31.7 Å². The third-order valence-corrected chi connectivity index (χ3v) is 4.14. The van der Waals surface area contributed by atoms with Crippen LogP contribution in [-0.2, 0) is 0 Å². The van der Waals surface area contributed by atoms with Crippen molar-refractivity contribution in [3.8, 4) is 0 Å². The van der Waals surface area contributed by atoms with Crippen LogP contribution >= 0.6 is 0 Å². The lowest BCUT2D eigenvalue weighted by molar-refractivity contribution is 0.233. The van der Waals surface area contributed by atoms with Crippen LogP contribution in [0, 0.1) is 6.92 Å². The van der Waals surface area contributed by atoms with Gasteiger partial charge < -0.3 is 15.5 Å². The van der Waals surface area contributed by atoms with Gasteiger partial charge in [-0.1, -0.05) is 6.42 Å². The molecule has 1 aliphatic rings. The number of aryl methyl sites for hydroxylation is 1. The Bertz CT molecular complexity index is 397. The molecule has 1 heterocycles. The molecule has 106 valence electrons. The normalized spacial score (nSPS) is 16.5. The molecule has 0 amide bonds. The third-order valence-electron chi connectivity index (χ3n) is 4.14. The molecule has 0 saturated carbocycles. The molecule has 3 heteroatoms. The molecule has 19 heavy (non-hydrogen) atoms. The van der Waals surface area contributed by atoms with Crippen molar-refractivity contribution in [1.29, 1.82) is 0 Å². The second-order valence-corrected chi connectivity index (χ2v) is 5.52. The zero-order chi connectivity index (χ0) is 13.7. The molecule has 2 rings (SSSR count). The fourth-order valence-corrected chi connectivity index (χ4v) is 2.77. The molecule has 0 unspecified atom stereocenters. The maximum atomic E-state index is 5.89. The van der Waals surface area contributed by atoms with Crippen LogP contribution in [0.5, 0.6) is 0 Å². The van der Waals surface area contributed by atoms with Crippen LogP contribution in [0.3, 0.4) is 0 Å². The van der Waals surface area contributed by atoms with Gasteiger partial charge in [-0.25, -0.2) is 0 Å². The van der Waals surface area contributed by atoms with E-state index in [4.69, 9.17) is 5.73 Å². The van der Waals surface area contributed by atoms with Gasteiger partial charge in [0.25, 0.3) is 0 Å². The average molecular weight is 261 g/mol. The van der Waals surface area contributed by atoms with Crippen LogP contribution in [0.4, 0.5) is 11.4 Å². The second kappa shape index (κ2) is 6.80. The molecule has 2 N–H and O–H groups in total. The van der Waals surface area contributed by atoms with Gasteiger partial charge in [0, 0.05) is 31.0 Å². The van der Waals surface area contributed by atoms with Gasteiger partial charge in [-0.15, -0.1) is 0 Å². The predicted molar refractivity (Wildman–Crippen MR) is 83.8 cm³/mol. The number of nitrogens with zero attached hydrogens (tertiary/aromatic N) is 2. The van der Waals surface area contributed by atoms with E-state index >= 15 is 0 Å². The van der Waals surface area contributed by atoms with E-state index in [0.717, 1.165) is 18.8 Å². The van der Waals surface area contributed by atoms with Crippen molar-refractivity contribution in [2.45, 2.75) is 33.1 Å². The Kier molecular flexibility index (Phi) is 5.08. The summed E-state index contributed by atoms with van der Waals surface area (Å²) in [6.45, 7) is 10.2. The summed E-state index contributed by atoms with van der Waals surface area (Å²) in [5.41, 5.74) is 9.25. The Morgan fingerprint density at radius 2 is 1.95 bits per heavy atom. The number of hydrogen-bond donors (Lipinski definition) is 1. The van der Waals surface area contributed by atoms with Crippen molar-refractivity contribution < 1.29 is 0 Å². The quantitative estimate of drug-likeness (QED) is 0.827. The number of likely N-dealkylation sites (N-methyl/N-ethyl adjacent to an activating group) is 1. The lowest BCUT2D eigenvalue weighted by atomic mass is 10.1. The number of benzene rings is 1. The smallest absolute Gasteiger partial charge is 0.0370 e. The highest BCUT2D eigenvalue weighted by atomic mass is 15.2. The van der Waals surface area contributed by atoms with Gasteiger partial charge in [-0.05, 0) is 63.5 Å². The van der Waals surface area contributed by atoms with Gasteiger partial charge in [-0.2, -0.15) is 0 Å². The lowest BCUT2D eigenvalue weighted by Gasteiger charge is -2.30. The van der Waals surface area contributed by atoms with Gasteiger partial charge in [0.2, 0.25) is 0 Å². The first kappa shape index (κ1) is 14.2. The summed E-state index contributed by atoms with van der Waals surface area (Å²) in [4.78, 5) is 5.04. The van der Waals surface area contributed by atoms with E-state index in [1.54, 1.807) is 0 Å². The van der Waals surface area contributed by atoms with E-state index in [9.17, 15) is 0 Å². The maximum Gasteiger partial charge on any atom is 0.0370 e. The molecule has 1 aliphatic heterocycles. The van der Waals surface area contributed by atoms with Crippen LogP contribution in [0.15, 0.2) is 18.2 Å². The van der Waals surface area contributed by atoms with Crippen molar-refractivity contribution in [2.24, 2.45) is 0 Å². The summed E-state index contributed by atoms with van der Waals surface area (Å²) >= 11 is 0. The summed E-state index contributed by atoms with van der Waals surface area (Å²) in [6, 6.07) is 6.37. The molecular weight excluding hydrogens is 234 g/mol. The van der Waals surface area contributed by atoms with E-state index in [1.165, 1.54) is 50.1 Å². The van der Waals surface area contributed by atoms with Gasteiger partial charge >= 0.3 is 0 Å². The summed E-state index contributed by atoms with van der Waals surface area (Å²) < 4.78 is 0. The summed E-state index contributed by atoms with van der Waals surface area (Å²) in [5, 5.41) is 0. The topological polar surface area (TPSA) is 32.5 Å². The third kappa shape index (κ3) is 3.87.